The molecule has 1 aromatic carbocycles. The van der Waals surface area contributed by atoms with Crippen molar-refractivity contribution in [1.82, 2.24) is 16.2 Å². The van der Waals surface area contributed by atoms with Crippen LogP contribution in [0.3, 0.4) is 0 Å². The van der Waals surface area contributed by atoms with Crippen molar-refractivity contribution in [3.63, 3.8) is 0 Å². The van der Waals surface area contributed by atoms with Crippen LogP contribution in [0.2, 0.25) is 5.02 Å². The Labute approximate surface area is 146 Å². The van der Waals surface area contributed by atoms with Crippen molar-refractivity contribution in [2.45, 2.75) is 6.42 Å². The van der Waals surface area contributed by atoms with Crippen LogP contribution in [-0.4, -0.2) is 50.4 Å². The number of amides is 1. The molecule has 23 heavy (non-hydrogen) atoms. The van der Waals surface area contributed by atoms with E-state index < -0.39 is 0 Å². The first-order valence-electron chi connectivity index (χ1n) is 7.67. The van der Waals surface area contributed by atoms with Gasteiger partial charge in [0.15, 0.2) is 5.11 Å². The highest BCUT2D eigenvalue weighted by Gasteiger charge is 2.13. The molecule has 0 aliphatic carbocycles. The molecule has 0 saturated carbocycles. The first kappa shape index (κ1) is 17.9. The number of ether oxygens (including phenoxy) is 1. The molecule has 0 unspecified atom stereocenters. The maximum absolute atomic E-state index is 11.9. The molecule has 0 atom stereocenters. The summed E-state index contributed by atoms with van der Waals surface area (Å²) >= 11 is 11.1. The van der Waals surface area contributed by atoms with Gasteiger partial charge in [0.1, 0.15) is 13.1 Å². The molecule has 0 radical (unpaired) electrons. The molecule has 8 heteroatoms. The highest BCUT2D eigenvalue weighted by atomic mass is 35.5. The van der Waals surface area contributed by atoms with Crippen molar-refractivity contribution in [2.24, 2.45) is 0 Å². The molecule has 2 rings (SSSR count). The summed E-state index contributed by atoms with van der Waals surface area (Å²) < 4.78 is 5.33. The average molecular weight is 358 g/mol. The van der Waals surface area contributed by atoms with Crippen LogP contribution in [0, 0.1) is 0 Å². The summed E-state index contributed by atoms with van der Waals surface area (Å²) in [5.41, 5.74) is 5.62. The van der Waals surface area contributed by atoms with Gasteiger partial charge in [-0.05, 0) is 24.4 Å². The molecule has 1 saturated heterocycles. The minimum Gasteiger partial charge on any atom is -0.370 e. The Morgan fingerprint density at radius 3 is 2.74 bits per heavy atom. The third-order valence-electron chi connectivity index (χ3n) is 3.60. The van der Waals surface area contributed by atoms with E-state index in [-0.39, 0.29) is 5.91 Å². The van der Waals surface area contributed by atoms with Crippen LogP contribution in [0.15, 0.2) is 24.3 Å². The van der Waals surface area contributed by atoms with Crippen LogP contribution in [-0.2, 0) is 4.74 Å². The Hall–Kier alpha value is -1.41. The summed E-state index contributed by atoms with van der Waals surface area (Å²) in [6, 6.07) is 6.85. The van der Waals surface area contributed by atoms with E-state index >= 15 is 0 Å². The van der Waals surface area contributed by atoms with Gasteiger partial charge in [-0.1, -0.05) is 23.7 Å². The number of nitrogens with one attached hydrogen (secondary N) is 4. The van der Waals surface area contributed by atoms with Crippen molar-refractivity contribution in [3.05, 3.63) is 34.9 Å². The Kier molecular flexibility index (Phi) is 7.54. The van der Waals surface area contributed by atoms with Gasteiger partial charge in [0.25, 0.3) is 5.91 Å². The lowest BCUT2D eigenvalue weighted by Crippen LogP contribution is -3.14. The van der Waals surface area contributed by atoms with Crippen molar-refractivity contribution < 1.29 is 14.4 Å². The minimum absolute atomic E-state index is 0.322. The Bertz CT molecular complexity index is 538. The molecule has 1 fully saturated rings. The van der Waals surface area contributed by atoms with Gasteiger partial charge in [0.2, 0.25) is 0 Å². The van der Waals surface area contributed by atoms with E-state index in [0.717, 1.165) is 45.8 Å². The Morgan fingerprint density at radius 1 is 1.26 bits per heavy atom. The summed E-state index contributed by atoms with van der Waals surface area (Å²) in [6.07, 6.45) is 1.01. The number of thiocarbonyl (C=S) groups is 1. The maximum Gasteiger partial charge on any atom is 0.271 e. The molecule has 4 N–H and O–H groups in total. The van der Waals surface area contributed by atoms with Crippen molar-refractivity contribution in [2.75, 3.05) is 39.4 Å². The zero-order chi connectivity index (χ0) is 16.5. The van der Waals surface area contributed by atoms with Crippen LogP contribution in [0.5, 0.6) is 0 Å². The van der Waals surface area contributed by atoms with Crippen LogP contribution < -0.4 is 21.1 Å². The maximum atomic E-state index is 11.9. The second-order valence-electron chi connectivity index (χ2n) is 5.28. The van der Waals surface area contributed by atoms with E-state index in [2.05, 4.69) is 16.2 Å². The van der Waals surface area contributed by atoms with Gasteiger partial charge in [-0.15, -0.1) is 0 Å². The normalized spacial score (nSPS) is 15.0. The predicted molar refractivity (Wildman–Crippen MR) is 93.7 cm³/mol. The van der Waals surface area contributed by atoms with Gasteiger partial charge in [0, 0.05) is 13.0 Å². The lowest BCUT2D eigenvalue weighted by Gasteiger charge is -2.23. The van der Waals surface area contributed by atoms with E-state index in [9.17, 15) is 4.79 Å². The summed E-state index contributed by atoms with van der Waals surface area (Å²) in [4.78, 5) is 13.5. The standard InChI is InChI=1S/C15H21ClN4O2S/c16-13-5-2-1-4-12(13)14(21)18-19-15(23)17-6-3-7-20-8-10-22-11-9-20/h1-2,4-5H,3,6-11H2,(H,18,21)(H2,17,19,23)/p+1. The topological polar surface area (TPSA) is 66.8 Å². The van der Waals surface area contributed by atoms with Crippen molar-refractivity contribution in [3.8, 4) is 0 Å². The summed E-state index contributed by atoms with van der Waals surface area (Å²) in [5.74, 6) is -0.322. The number of morpholine rings is 1. The predicted octanol–water partition coefficient (Wildman–Crippen LogP) is -0.246. The van der Waals surface area contributed by atoms with Crippen LogP contribution in [0.4, 0.5) is 0 Å². The number of rotatable bonds is 5. The second-order valence-corrected chi connectivity index (χ2v) is 6.10. The molecule has 126 valence electrons. The summed E-state index contributed by atoms with van der Waals surface area (Å²) in [6.45, 7) is 5.67. The monoisotopic (exact) mass is 357 g/mol. The highest BCUT2D eigenvalue weighted by molar-refractivity contribution is 7.80. The van der Waals surface area contributed by atoms with E-state index in [0.29, 0.717) is 15.7 Å². The molecule has 0 aromatic heterocycles. The van der Waals surface area contributed by atoms with Gasteiger partial charge in [-0.25, -0.2) is 0 Å². The number of hydrogen-bond donors (Lipinski definition) is 4. The van der Waals surface area contributed by atoms with Crippen molar-refractivity contribution in [1.29, 1.82) is 0 Å². The van der Waals surface area contributed by atoms with E-state index in [1.165, 1.54) is 0 Å². The molecular weight excluding hydrogens is 336 g/mol. The first-order valence-corrected chi connectivity index (χ1v) is 8.45. The summed E-state index contributed by atoms with van der Waals surface area (Å²) in [5, 5.41) is 3.86. The van der Waals surface area contributed by atoms with Gasteiger partial charge in [-0.3, -0.25) is 15.6 Å². The van der Waals surface area contributed by atoms with Crippen molar-refractivity contribution >= 4 is 34.8 Å². The van der Waals surface area contributed by atoms with E-state index in [1.807, 2.05) is 0 Å². The van der Waals surface area contributed by atoms with E-state index in [4.69, 9.17) is 28.6 Å². The van der Waals surface area contributed by atoms with Gasteiger partial charge in [0.05, 0.1) is 30.3 Å². The number of carbonyl (C=O) groups is 1. The third kappa shape index (κ3) is 6.31. The summed E-state index contributed by atoms with van der Waals surface area (Å²) in [7, 11) is 0. The number of carbonyl (C=O) groups excluding carboxylic acids is 1. The van der Waals surface area contributed by atoms with Gasteiger partial charge < -0.3 is 15.0 Å². The molecule has 1 amide bonds. The molecule has 6 nitrogen and oxygen atoms in total. The fourth-order valence-electron chi connectivity index (χ4n) is 2.32. The highest BCUT2D eigenvalue weighted by Crippen LogP contribution is 2.13. The zero-order valence-corrected chi connectivity index (χ0v) is 14.4. The number of benzene rings is 1. The Morgan fingerprint density at radius 2 is 2.00 bits per heavy atom. The molecular formula is C15H22ClN4O2S+. The molecule has 0 bridgehead atoms. The fourth-order valence-corrected chi connectivity index (χ4v) is 2.70. The third-order valence-corrected chi connectivity index (χ3v) is 4.18. The smallest absolute Gasteiger partial charge is 0.271 e. The quantitative estimate of drug-likeness (QED) is 0.332. The lowest BCUT2D eigenvalue weighted by atomic mass is 10.2. The van der Waals surface area contributed by atoms with Crippen LogP contribution >= 0.6 is 23.8 Å². The Balaban J connectivity index is 1.59. The molecule has 1 aliphatic heterocycles. The van der Waals surface area contributed by atoms with Gasteiger partial charge in [-0.2, -0.15) is 0 Å². The molecule has 0 spiro atoms. The number of halogens is 1. The SMILES string of the molecule is O=C(NNC(=S)NCCC[NH+]1CCOCC1)c1ccccc1Cl. The largest absolute Gasteiger partial charge is 0.370 e. The minimum atomic E-state index is -0.322. The second kappa shape index (κ2) is 9.67. The molecule has 1 aromatic rings. The number of hydrogen-bond acceptors (Lipinski definition) is 3. The fraction of sp³-hybridized carbons (Fsp3) is 0.467. The van der Waals surface area contributed by atoms with Crippen LogP contribution in [0.1, 0.15) is 16.8 Å². The molecule has 1 aliphatic rings. The first-order chi connectivity index (χ1) is 11.2. The van der Waals surface area contributed by atoms with Gasteiger partial charge >= 0.3 is 0 Å². The molecule has 1 heterocycles. The number of hydrazine groups is 1. The average Bonchev–Trinajstić information content (AvgIpc) is 2.58. The zero-order valence-electron chi connectivity index (χ0n) is 12.9. The lowest BCUT2D eigenvalue weighted by molar-refractivity contribution is -0.908. The number of quaternary nitrogens is 1. The van der Waals surface area contributed by atoms with E-state index in [1.54, 1.807) is 29.2 Å². The van der Waals surface area contributed by atoms with Crippen LogP contribution in [0.25, 0.3) is 0 Å².